The Bertz CT molecular complexity index is 1000. The van der Waals surface area contributed by atoms with Gasteiger partial charge in [-0.05, 0) is 43.3 Å². The van der Waals surface area contributed by atoms with Crippen molar-refractivity contribution in [2.75, 3.05) is 25.0 Å². The quantitative estimate of drug-likeness (QED) is 0.633. The summed E-state index contributed by atoms with van der Waals surface area (Å²) in [5, 5.41) is 2.75. The second kappa shape index (κ2) is 9.87. The number of esters is 1. The number of benzene rings is 2. The van der Waals surface area contributed by atoms with E-state index in [9.17, 15) is 18.0 Å². The van der Waals surface area contributed by atoms with Gasteiger partial charge in [0.25, 0.3) is 5.91 Å². The van der Waals surface area contributed by atoms with Crippen molar-refractivity contribution in [3.8, 4) is 0 Å². The Hall–Kier alpha value is -2.42. The molecule has 0 aliphatic rings. The molecule has 0 heterocycles. The number of nitrogens with one attached hydrogen (secondary N) is 1. The van der Waals surface area contributed by atoms with E-state index in [1.165, 1.54) is 28.6 Å². The maximum absolute atomic E-state index is 12.7. The molecule has 1 amide bonds. The first-order valence-electron chi connectivity index (χ1n) is 9.12. The minimum absolute atomic E-state index is 0.0152. The SMILES string of the molecule is CCOC(=O)c1cccc(NC(=O)c2cc(S(=O)(=O)N(CC)CC)ccc2Cl)c1. The van der Waals surface area contributed by atoms with Crippen molar-refractivity contribution >= 4 is 39.2 Å². The van der Waals surface area contributed by atoms with Crippen LogP contribution in [0.2, 0.25) is 5.02 Å². The minimum Gasteiger partial charge on any atom is -0.462 e. The lowest BCUT2D eigenvalue weighted by Gasteiger charge is -2.19. The Balaban J connectivity index is 2.33. The molecule has 2 rings (SSSR count). The van der Waals surface area contributed by atoms with E-state index in [0.29, 0.717) is 18.8 Å². The highest BCUT2D eigenvalue weighted by molar-refractivity contribution is 7.89. The fraction of sp³-hybridized carbons (Fsp3) is 0.300. The van der Waals surface area contributed by atoms with Crippen LogP contribution in [0, 0.1) is 0 Å². The molecule has 29 heavy (non-hydrogen) atoms. The van der Waals surface area contributed by atoms with Gasteiger partial charge >= 0.3 is 5.97 Å². The van der Waals surface area contributed by atoms with Crippen LogP contribution in [0.3, 0.4) is 0 Å². The number of hydrogen-bond acceptors (Lipinski definition) is 5. The Labute approximate surface area is 175 Å². The van der Waals surface area contributed by atoms with Crippen LogP contribution in [-0.4, -0.2) is 44.3 Å². The van der Waals surface area contributed by atoms with Gasteiger partial charge in [-0.1, -0.05) is 31.5 Å². The van der Waals surface area contributed by atoms with Gasteiger partial charge in [0.05, 0.1) is 27.7 Å². The zero-order chi connectivity index (χ0) is 21.6. The summed E-state index contributed by atoms with van der Waals surface area (Å²) in [6, 6.07) is 10.2. The van der Waals surface area contributed by atoms with Crippen LogP contribution in [0.25, 0.3) is 0 Å². The van der Waals surface area contributed by atoms with E-state index in [1.807, 2.05) is 0 Å². The summed E-state index contributed by atoms with van der Waals surface area (Å²) in [7, 11) is -3.74. The van der Waals surface area contributed by atoms with Crippen LogP contribution in [0.15, 0.2) is 47.4 Å². The van der Waals surface area contributed by atoms with Crippen LogP contribution in [0.4, 0.5) is 5.69 Å². The van der Waals surface area contributed by atoms with Crippen LogP contribution in [0.5, 0.6) is 0 Å². The number of carbonyl (C=O) groups excluding carboxylic acids is 2. The molecule has 0 saturated carbocycles. The molecule has 0 unspecified atom stereocenters. The first-order chi connectivity index (χ1) is 13.7. The maximum Gasteiger partial charge on any atom is 0.338 e. The number of ether oxygens (including phenoxy) is 1. The normalized spacial score (nSPS) is 11.3. The largest absolute Gasteiger partial charge is 0.462 e. The predicted molar refractivity (Wildman–Crippen MR) is 112 cm³/mol. The fourth-order valence-electron chi connectivity index (χ4n) is 2.69. The molecule has 0 saturated heterocycles. The number of amides is 1. The first-order valence-corrected chi connectivity index (χ1v) is 10.9. The molecule has 0 spiro atoms. The molecule has 0 aliphatic heterocycles. The van der Waals surface area contributed by atoms with Gasteiger partial charge in [0.1, 0.15) is 0 Å². The number of carbonyl (C=O) groups is 2. The van der Waals surface area contributed by atoms with Gasteiger partial charge < -0.3 is 10.1 Å². The van der Waals surface area contributed by atoms with Crippen LogP contribution < -0.4 is 5.32 Å². The summed E-state index contributed by atoms with van der Waals surface area (Å²) in [5.74, 6) is -1.10. The standard InChI is InChI=1S/C20H23ClN2O5S/c1-4-23(5-2)29(26,27)16-10-11-18(21)17(13-16)19(24)22-15-9-7-8-14(12-15)20(25)28-6-3/h7-13H,4-6H2,1-3H3,(H,22,24). The zero-order valence-corrected chi connectivity index (χ0v) is 18.0. The van der Waals surface area contributed by atoms with E-state index in [-0.39, 0.29) is 27.7 Å². The molecule has 0 bridgehead atoms. The summed E-state index contributed by atoms with van der Waals surface area (Å²) in [6.45, 7) is 6.03. The van der Waals surface area contributed by atoms with E-state index in [4.69, 9.17) is 16.3 Å². The lowest BCUT2D eigenvalue weighted by atomic mass is 10.1. The van der Waals surface area contributed by atoms with Gasteiger partial charge in [-0.3, -0.25) is 4.79 Å². The van der Waals surface area contributed by atoms with Gasteiger partial charge in [0, 0.05) is 18.8 Å². The molecule has 2 aromatic carbocycles. The number of nitrogens with zero attached hydrogens (tertiary/aromatic N) is 1. The molecule has 9 heteroatoms. The molecule has 0 aliphatic carbocycles. The van der Waals surface area contributed by atoms with Crippen molar-refractivity contribution in [1.82, 2.24) is 4.31 Å². The van der Waals surface area contributed by atoms with Crippen molar-refractivity contribution < 1.29 is 22.7 Å². The highest BCUT2D eigenvalue weighted by atomic mass is 35.5. The molecule has 0 radical (unpaired) electrons. The second-order valence-electron chi connectivity index (χ2n) is 5.99. The number of halogens is 1. The third-order valence-electron chi connectivity index (χ3n) is 4.16. The zero-order valence-electron chi connectivity index (χ0n) is 16.4. The van der Waals surface area contributed by atoms with Gasteiger partial charge in [0.15, 0.2) is 0 Å². The molecule has 2 aromatic rings. The Kier molecular flexibility index (Phi) is 7.78. The molecule has 0 aromatic heterocycles. The van der Waals surface area contributed by atoms with Crippen molar-refractivity contribution in [2.45, 2.75) is 25.7 Å². The lowest BCUT2D eigenvalue weighted by Crippen LogP contribution is -2.30. The lowest BCUT2D eigenvalue weighted by molar-refractivity contribution is 0.0526. The fourth-order valence-corrected chi connectivity index (χ4v) is 4.38. The Morgan fingerprint density at radius 2 is 1.76 bits per heavy atom. The second-order valence-corrected chi connectivity index (χ2v) is 8.33. The highest BCUT2D eigenvalue weighted by Crippen LogP contribution is 2.24. The predicted octanol–water partition coefficient (Wildman–Crippen LogP) is 3.80. The summed E-state index contributed by atoms with van der Waals surface area (Å²) in [5.41, 5.74) is 0.656. The summed E-state index contributed by atoms with van der Waals surface area (Å²) in [6.07, 6.45) is 0. The minimum atomic E-state index is -3.74. The van der Waals surface area contributed by atoms with E-state index in [0.717, 1.165) is 0 Å². The third kappa shape index (κ3) is 5.35. The monoisotopic (exact) mass is 438 g/mol. The van der Waals surface area contributed by atoms with Crippen molar-refractivity contribution in [2.24, 2.45) is 0 Å². The van der Waals surface area contributed by atoms with Gasteiger partial charge in [-0.15, -0.1) is 0 Å². The number of anilines is 1. The summed E-state index contributed by atoms with van der Waals surface area (Å²) < 4.78 is 31.7. The van der Waals surface area contributed by atoms with E-state index < -0.39 is 21.9 Å². The van der Waals surface area contributed by atoms with Gasteiger partial charge in [0.2, 0.25) is 10.0 Å². The third-order valence-corrected chi connectivity index (χ3v) is 6.53. The Morgan fingerprint density at radius 1 is 1.07 bits per heavy atom. The maximum atomic E-state index is 12.7. The molecule has 1 N–H and O–H groups in total. The highest BCUT2D eigenvalue weighted by Gasteiger charge is 2.24. The summed E-state index contributed by atoms with van der Waals surface area (Å²) in [4.78, 5) is 24.5. The topological polar surface area (TPSA) is 92.8 Å². The Morgan fingerprint density at radius 3 is 2.38 bits per heavy atom. The molecule has 0 fully saturated rings. The number of rotatable bonds is 8. The molecule has 156 valence electrons. The van der Waals surface area contributed by atoms with Gasteiger partial charge in [-0.2, -0.15) is 4.31 Å². The van der Waals surface area contributed by atoms with E-state index >= 15 is 0 Å². The molecule has 7 nitrogen and oxygen atoms in total. The molecular formula is C20H23ClN2O5S. The average Bonchev–Trinajstić information content (AvgIpc) is 2.69. The van der Waals surface area contributed by atoms with Crippen LogP contribution >= 0.6 is 11.6 Å². The number of sulfonamides is 1. The average molecular weight is 439 g/mol. The van der Waals surface area contributed by atoms with Crippen LogP contribution in [0.1, 0.15) is 41.5 Å². The van der Waals surface area contributed by atoms with E-state index in [2.05, 4.69) is 5.32 Å². The van der Waals surface area contributed by atoms with Crippen molar-refractivity contribution in [3.05, 3.63) is 58.6 Å². The van der Waals surface area contributed by atoms with Gasteiger partial charge in [-0.25, -0.2) is 13.2 Å². The number of hydrogen-bond donors (Lipinski definition) is 1. The molecular weight excluding hydrogens is 416 g/mol. The molecule has 0 atom stereocenters. The summed E-state index contributed by atoms with van der Waals surface area (Å²) >= 11 is 6.13. The van der Waals surface area contributed by atoms with E-state index in [1.54, 1.807) is 39.0 Å². The smallest absolute Gasteiger partial charge is 0.338 e. The first kappa shape index (κ1) is 22.9. The van der Waals surface area contributed by atoms with Crippen molar-refractivity contribution in [1.29, 1.82) is 0 Å². The van der Waals surface area contributed by atoms with Crippen molar-refractivity contribution in [3.63, 3.8) is 0 Å². The van der Waals surface area contributed by atoms with Crippen LogP contribution in [-0.2, 0) is 14.8 Å².